The van der Waals surface area contributed by atoms with Crippen molar-refractivity contribution in [1.82, 2.24) is 0 Å². The Morgan fingerprint density at radius 1 is 0.221 bits per heavy atom. The average molecular weight is 1850 g/mol. The molecule has 3 aliphatic rings. The van der Waals surface area contributed by atoms with Crippen molar-refractivity contribution in [2.75, 3.05) is 31.9 Å². The maximum absolute atomic E-state index is 15.7. The first-order chi connectivity index (χ1) is 67.4. The van der Waals surface area contributed by atoms with E-state index < -0.39 is 12.2 Å². The van der Waals surface area contributed by atoms with E-state index in [4.69, 9.17) is 9.47 Å². The third-order valence-corrected chi connectivity index (χ3v) is 31.5. The molecular formula is C126H126N6O8. The molecule has 0 heterocycles. The number of carbonyl (C=O) groups is 6. The summed E-state index contributed by atoms with van der Waals surface area (Å²) in [7, 11) is 0. The Bertz CT molecular complexity index is 7210. The number of hydrogen-bond donors (Lipinski definition) is 6. The van der Waals surface area contributed by atoms with Crippen LogP contribution in [0.15, 0.2) is 231 Å². The minimum Gasteiger partial charge on any atom is -0.444 e. The minimum absolute atomic E-state index is 0.178. The van der Waals surface area contributed by atoms with E-state index in [0.717, 1.165) is 295 Å². The van der Waals surface area contributed by atoms with Crippen LogP contribution in [0.2, 0.25) is 0 Å². The second-order valence-corrected chi connectivity index (χ2v) is 40.9. The Morgan fingerprint density at radius 2 is 0.421 bits per heavy atom. The van der Waals surface area contributed by atoms with Crippen LogP contribution in [0.4, 0.5) is 43.7 Å². The van der Waals surface area contributed by atoms with Crippen molar-refractivity contribution in [3.8, 4) is 0 Å². The number of amides is 6. The molecule has 3 fully saturated rings. The summed E-state index contributed by atoms with van der Waals surface area (Å²) in [6.45, 7) is 33.8. The molecule has 0 atom stereocenters. The lowest BCUT2D eigenvalue weighted by atomic mass is 9.64. The van der Waals surface area contributed by atoms with Gasteiger partial charge in [-0.25, -0.2) is 9.59 Å². The molecule has 3 aliphatic carbocycles. The van der Waals surface area contributed by atoms with Crippen LogP contribution in [0, 0.1) is 111 Å². The van der Waals surface area contributed by atoms with Crippen molar-refractivity contribution >= 4 is 135 Å². The fourth-order valence-corrected chi connectivity index (χ4v) is 24.5. The molecule has 0 aromatic heterocycles. The summed E-state index contributed by atoms with van der Waals surface area (Å²) in [5, 5.41) is 30.7. The van der Waals surface area contributed by atoms with Gasteiger partial charge in [-0.15, -0.1) is 0 Å². The molecule has 708 valence electrons. The number of rotatable bonds is 20. The first-order valence-electron chi connectivity index (χ1n) is 50.1. The molecule has 16 aromatic rings. The second-order valence-electron chi connectivity index (χ2n) is 40.9. The lowest BCUT2D eigenvalue weighted by molar-refractivity contribution is 0.102. The summed E-state index contributed by atoms with van der Waals surface area (Å²) in [5.41, 5.74) is 30.4. The van der Waals surface area contributed by atoms with Crippen LogP contribution in [0.1, 0.15) is 271 Å². The summed E-state index contributed by atoms with van der Waals surface area (Å²) in [4.78, 5) is 88.9. The van der Waals surface area contributed by atoms with E-state index in [1.807, 2.05) is 133 Å². The molecule has 6 amide bonds. The third-order valence-electron chi connectivity index (χ3n) is 31.5. The summed E-state index contributed by atoms with van der Waals surface area (Å²) < 4.78 is 11.3. The van der Waals surface area contributed by atoms with Gasteiger partial charge in [-0.05, 0) is 372 Å². The average Bonchev–Trinajstić information content (AvgIpc) is 0.722. The quantitative estimate of drug-likeness (QED) is 0.0406. The highest BCUT2D eigenvalue weighted by Crippen LogP contribution is 2.53. The van der Waals surface area contributed by atoms with Crippen LogP contribution >= 0.6 is 0 Å². The van der Waals surface area contributed by atoms with Crippen molar-refractivity contribution in [2.45, 2.75) is 237 Å². The Kier molecular flexibility index (Phi) is 25.9. The number of nitrogens with one attached hydrogen (secondary N) is 6. The number of benzene rings is 16. The normalized spacial score (nSPS) is 14.5. The summed E-state index contributed by atoms with van der Waals surface area (Å²) in [6, 6.07) is 79.2. The monoisotopic (exact) mass is 1850 g/mol. The van der Waals surface area contributed by atoms with Gasteiger partial charge in [-0.3, -0.25) is 29.8 Å². The van der Waals surface area contributed by atoms with E-state index in [0.29, 0.717) is 22.3 Å². The Hall–Kier alpha value is -14.5. The molecule has 0 saturated heterocycles. The van der Waals surface area contributed by atoms with E-state index in [9.17, 15) is 9.59 Å². The zero-order valence-corrected chi connectivity index (χ0v) is 83.7. The van der Waals surface area contributed by atoms with Crippen molar-refractivity contribution < 1.29 is 38.2 Å². The van der Waals surface area contributed by atoms with Gasteiger partial charge in [0.25, 0.3) is 23.6 Å². The molecule has 140 heavy (non-hydrogen) atoms. The number of ether oxygens (including phenoxy) is 2. The van der Waals surface area contributed by atoms with Crippen LogP contribution in [0.3, 0.4) is 0 Å². The van der Waals surface area contributed by atoms with Gasteiger partial charge in [0.15, 0.2) is 0 Å². The Morgan fingerprint density at radius 3 is 0.629 bits per heavy atom. The smallest absolute Gasteiger partial charge is 0.411 e. The SMILES string of the molecule is Cc1cc(C2(c3cc(C)c(NC(=O)c4cc5cc(C(=O)Nc6c(C)cc(C7(c8cc(C)c(NC(=O)c9cc%10cc(C(=O)Nc%11c(C)cc(C%12(c%13cc(C)c(NC(=O)OCc%14ccccc%14)c(C)c%13)CCCCC%12)cc%11C)c%11cccc(C)c%11c%10c%10c(C)cccc9%10)c(C)c8)CCCCC7)cc6C)c6cccc(C)c6c5c5c(C)cccc45)c(C)c3)CCCCC2)cc(C)c1NC(=O)OCc1ccccc1. The number of fused-ring (bicyclic) bond motifs is 10. The van der Waals surface area contributed by atoms with Gasteiger partial charge in [-0.2, -0.15) is 0 Å². The third kappa shape index (κ3) is 17.5. The molecule has 0 unspecified atom stereocenters. The molecule has 16 aromatic carbocycles. The minimum atomic E-state index is -0.493. The molecule has 14 nitrogen and oxygen atoms in total. The van der Waals surface area contributed by atoms with Crippen LogP contribution in [0.5, 0.6) is 0 Å². The van der Waals surface area contributed by atoms with Gasteiger partial charge in [0.05, 0.1) is 0 Å². The van der Waals surface area contributed by atoms with Gasteiger partial charge in [0.1, 0.15) is 13.2 Å². The molecule has 0 radical (unpaired) electrons. The highest BCUT2D eigenvalue weighted by Gasteiger charge is 2.42. The van der Waals surface area contributed by atoms with E-state index >= 15 is 19.2 Å². The zero-order chi connectivity index (χ0) is 98.1. The van der Waals surface area contributed by atoms with Crippen molar-refractivity contribution in [3.63, 3.8) is 0 Å². The molecule has 14 heteroatoms. The molecule has 0 bridgehead atoms. The molecule has 0 aliphatic heterocycles. The summed E-state index contributed by atoms with van der Waals surface area (Å²) >= 11 is 0. The Labute approximate surface area is 822 Å². The van der Waals surface area contributed by atoms with E-state index in [1.165, 1.54) is 33.4 Å². The van der Waals surface area contributed by atoms with Crippen LogP contribution < -0.4 is 31.9 Å². The lowest BCUT2D eigenvalue weighted by Gasteiger charge is -2.40. The maximum atomic E-state index is 15.7. The predicted octanol–water partition coefficient (Wildman–Crippen LogP) is 31.8. The summed E-state index contributed by atoms with van der Waals surface area (Å²) in [6.07, 6.45) is 14.6. The van der Waals surface area contributed by atoms with Gasteiger partial charge in [0.2, 0.25) is 0 Å². The second kappa shape index (κ2) is 38.4. The fraction of sp³-hybridized carbons (Fsp3) is 0.286. The van der Waals surface area contributed by atoms with Crippen molar-refractivity contribution in [2.24, 2.45) is 0 Å². The highest BCUT2D eigenvalue weighted by molar-refractivity contribution is 6.32. The van der Waals surface area contributed by atoms with Gasteiger partial charge < -0.3 is 30.7 Å². The number of carbonyl (C=O) groups excluding carboxylic acids is 6. The lowest BCUT2D eigenvalue weighted by Crippen LogP contribution is -2.31. The molecule has 3 saturated carbocycles. The molecule has 19 rings (SSSR count). The van der Waals surface area contributed by atoms with Crippen LogP contribution in [-0.2, 0) is 38.9 Å². The standard InChI is InChI=1S/C126H126N6O8/c1-72-36-32-44-98-102(66-90-68-104(100-46-34-38-74(3)108(100)110(90)106(72)98)120(135)129-114-80(9)58-94(59-81(114)10)125(50-28-20-29-51-125)96-62-84(13)116(85(14)63-96)131-122(137)139-70-88-40-22-17-23-41-88)118(133)127-112-76(5)54-92(55-77(112)6)124(48-26-19-27-49-124)93-56-78(7)113(79(8)57-93)128-119(134)103-67-91-69-105(101-47-35-39-75(4)109(101)111(91)107-73(2)37-33-45-99(103)107)121(136)130-115-82(11)60-95(61-83(115)12)126(52-30-21-31-53-126)97-64-86(15)117(87(16)65-97)132-123(138)140-71-89-42-24-18-25-43-89/h17-18,22-25,32-47,54-69H,19-21,26-31,48-53,70-71H2,1-16H3,(H,127,133)(H,128,134)(H,129,135)(H,130,136)(H,131,137)(H,132,138). The van der Waals surface area contributed by atoms with Gasteiger partial charge >= 0.3 is 12.2 Å². The van der Waals surface area contributed by atoms with Crippen molar-refractivity contribution in [1.29, 1.82) is 0 Å². The van der Waals surface area contributed by atoms with Crippen molar-refractivity contribution in [3.05, 3.63) is 386 Å². The highest BCUT2D eigenvalue weighted by atomic mass is 16.6. The number of anilines is 6. The van der Waals surface area contributed by atoms with E-state index in [-0.39, 0.29) is 53.1 Å². The largest absolute Gasteiger partial charge is 0.444 e. The number of aryl methyl sites for hydroxylation is 16. The molecule has 6 N–H and O–H groups in total. The molecular weight excluding hydrogens is 1730 g/mol. The molecule has 0 spiro atoms. The van der Waals surface area contributed by atoms with Crippen LogP contribution in [0.25, 0.3) is 64.6 Å². The van der Waals surface area contributed by atoms with E-state index in [1.54, 1.807) is 0 Å². The zero-order valence-electron chi connectivity index (χ0n) is 83.7. The first kappa shape index (κ1) is 94.5. The predicted molar refractivity (Wildman–Crippen MR) is 576 cm³/mol. The Balaban J connectivity index is 0.590. The van der Waals surface area contributed by atoms with Gasteiger partial charge in [-0.1, -0.05) is 264 Å². The van der Waals surface area contributed by atoms with E-state index in [2.05, 4.69) is 240 Å². The van der Waals surface area contributed by atoms with Crippen LogP contribution in [-0.4, -0.2) is 35.8 Å². The first-order valence-corrected chi connectivity index (χ1v) is 50.1. The summed E-state index contributed by atoms with van der Waals surface area (Å²) in [5.74, 6) is -0.965. The number of hydrogen-bond acceptors (Lipinski definition) is 8. The van der Waals surface area contributed by atoms with Gasteiger partial charge in [0, 0.05) is 72.6 Å². The fourth-order valence-electron chi connectivity index (χ4n) is 24.5. The maximum Gasteiger partial charge on any atom is 0.411 e. The topological polar surface area (TPSA) is 193 Å².